The molecule has 10 aromatic carbocycles. The van der Waals surface area contributed by atoms with E-state index >= 15 is 0 Å². The van der Waals surface area contributed by atoms with Gasteiger partial charge in [-0.15, -0.1) is 0 Å². The molecule has 0 aliphatic heterocycles. The van der Waals surface area contributed by atoms with E-state index in [1.54, 1.807) is 0 Å². The maximum Gasteiger partial charge on any atom is 0.164 e. The van der Waals surface area contributed by atoms with Gasteiger partial charge in [0.1, 0.15) is 0 Å². The molecule has 13 rings (SSSR count). The highest BCUT2D eigenvalue weighted by molar-refractivity contribution is 6.30. The molecule has 0 atom stereocenters. The molecule has 0 unspecified atom stereocenters. The summed E-state index contributed by atoms with van der Waals surface area (Å²) < 4.78 is 4.92. The molecule has 0 N–H and O–H groups in total. The summed E-state index contributed by atoms with van der Waals surface area (Å²) in [5.74, 6) is 1.91. The van der Waals surface area contributed by atoms with E-state index in [0.717, 1.165) is 55.3 Å². The minimum absolute atomic E-state index is 0.633. The Morgan fingerprint density at radius 2 is 0.903 bits per heavy atom. The number of fused-ring (bicyclic) bond motifs is 11. The van der Waals surface area contributed by atoms with Crippen LogP contribution in [0, 0.1) is 0 Å². The van der Waals surface area contributed by atoms with E-state index in [0.29, 0.717) is 17.5 Å². The second kappa shape index (κ2) is 13.6. The molecule has 0 radical (unpaired) electrons. The van der Waals surface area contributed by atoms with E-state index in [1.807, 2.05) is 18.2 Å². The van der Waals surface area contributed by atoms with Gasteiger partial charge < -0.3 is 9.13 Å². The summed E-state index contributed by atoms with van der Waals surface area (Å²) in [6.45, 7) is 0. The molecule has 3 heterocycles. The van der Waals surface area contributed by atoms with Crippen molar-refractivity contribution in [3.05, 3.63) is 212 Å². The van der Waals surface area contributed by atoms with Gasteiger partial charge in [0.25, 0.3) is 0 Å². The van der Waals surface area contributed by atoms with Gasteiger partial charge >= 0.3 is 0 Å². The molecule has 0 aliphatic rings. The van der Waals surface area contributed by atoms with E-state index in [9.17, 15) is 0 Å². The summed E-state index contributed by atoms with van der Waals surface area (Å²) in [6, 6.07) is 75.7. The van der Waals surface area contributed by atoms with Crippen LogP contribution in [0.5, 0.6) is 0 Å². The van der Waals surface area contributed by atoms with E-state index in [1.165, 1.54) is 48.7 Å². The van der Waals surface area contributed by atoms with Crippen molar-refractivity contribution in [3.63, 3.8) is 0 Å². The number of aromatic nitrogens is 5. The first-order chi connectivity index (χ1) is 30.8. The third-order valence-corrected chi connectivity index (χ3v) is 12.5. The molecule has 13 aromatic rings. The number of nitrogens with zero attached hydrogens (tertiary/aromatic N) is 5. The molecule has 0 aliphatic carbocycles. The third kappa shape index (κ3) is 5.18. The van der Waals surface area contributed by atoms with Gasteiger partial charge in [0.15, 0.2) is 17.5 Å². The lowest BCUT2D eigenvalue weighted by Crippen LogP contribution is -2.02. The molecule has 0 saturated heterocycles. The Bertz CT molecular complexity index is 3920. The lowest BCUT2D eigenvalue weighted by molar-refractivity contribution is 1.08. The molecule has 62 heavy (non-hydrogen) atoms. The van der Waals surface area contributed by atoms with Crippen molar-refractivity contribution in [3.8, 4) is 45.5 Å². The standard InChI is InChI=1S/C57H35N5/c1-3-17-38(18-4-1)55-58-56(40-28-27-36-15-7-8-19-39(36)35-40)60-57(59-55)45-30-33-49(44-24-12-11-23-43(44)45)62-48-26-14-13-25-46(48)53-51(62)34-31-47-52-42-22-10-9-16-37(42)29-32-50(52)61(54(47)53)41-20-5-2-6-21-41/h1-35H. The largest absolute Gasteiger partial charge is 0.309 e. The molecule has 3 aromatic heterocycles. The highest BCUT2D eigenvalue weighted by Gasteiger charge is 2.23. The number of rotatable bonds is 5. The summed E-state index contributed by atoms with van der Waals surface area (Å²) >= 11 is 0. The van der Waals surface area contributed by atoms with Gasteiger partial charge in [0, 0.05) is 49.3 Å². The zero-order valence-corrected chi connectivity index (χ0v) is 33.4. The van der Waals surface area contributed by atoms with Crippen molar-refractivity contribution >= 4 is 75.9 Å². The van der Waals surface area contributed by atoms with Gasteiger partial charge in [0.05, 0.1) is 27.8 Å². The average molecular weight is 790 g/mol. The number of hydrogen-bond donors (Lipinski definition) is 0. The van der Waals surface area contributed by atoms with Crippen LogP contribution in [0.1, 0.15) is 0 Å². The van der Waals surface area contributed by atoms with Crippen molar-refractivity contribution in [2.75, 3.05) is 0 Å². The zero-order chi connectivity index (χ0) is 40.7. The van der Waals surface area contributed by atoms with Crippen molar-refractivity contribution in [2.45, 2.75) is 0 Å². The van der Waals surface area contributed by atoms with Crippen LogP contribution in [0.15, 0.2) is 212 Å². The Balaban J connectivity index is 1.08. The van der Waals surface area contributed by atoms with Gasteiger partial charge in [-0.05, 0) is 75.5 Å². The fraction of sp³-hybridized carbons (Fsp3) is 0. The Morgan fingerprint density at radius 3 is 1.73 bits per heavy atom. The van der Waals surface area contributed by atoms with Crippen LogP contribution >= 0.6 is 0 Å². The smallest absolute Gasteiger partial charge is 0.164 e. The lowest BCUT2D eigenvalue weighted by atomic mass is 10.0. The summed E-state index contributed by atoms with van der Waals surface area (Å²) in [7, 11) is 0. The maximum absolute atomic E-state index is 5.23. The topological polar surface area (TPSA) is 48.5 Å². The Kier molecular flexibility index (Phi) is 7.54. The van der Waals surface area contributed by atoms with Crippen LogP contribution in [-0.4, -0.2) is 24.1 Å². The average Bonchev–Trinajstić information content (AvgIpc) is 3.87. The van der Waals surface area contributed by atoms with Crippen LogP contribution in [0.3, 0.4) is 0 Å². The molecule has 5 nitrogen and oxygen atoms in total. The number of hydrogen-bond acceptors (Lipinski definition) is 3. The van der Waals surface area contributed by atoms with Crippen molar-refractivity contribution in [1.29, 1.82) is 0 Å². The van der Waals surface area contributed by atoms with Gasteiger partial charge in [-0.25, -0.2) is 15.0 Å². The second-order valence-electron chi connectivity index (χ2n) is 16.0. The predicted molar refractivity (Wildman–Crippen MR) is 257 cm³/mol. The summed E-state index contributed by atoms with van der Waals surface area (Å²) in [6.07, 6.45) is 0. The second-order valence-corrected chi connectivity index (χ2v) is 16.0. The van der Waals surface area contributed by atoms with Crippen LogP contribution in [-0.2, 0) is 0 Å². The van der Waals surface area contributed by atoms with Crippen molar-refractivity contribution in [2.24, 2.45) is 0 Å². The fourth-order valence-electron chi connectivity index (χ4n) is 9.77. The highest BCUT2D eigenvalue weighted by atomic mass is 15.0. The first-order valence-electron chi connectivity index (χ1n) is 21.0. The normalized spacial score (nSPS) is 11.9. The molecule has 0 bridgehead atoms. The summed E-state index contributed by atoms with van der Waals surface area (Å²) in [4.78, 5) is 15.5. The third-order valence-electron chi connectivity index (χ3n) is 12.5. The van der Waals surface area contributed by atoms with E-state index in [4.69, 9.17) is 15.0 Å². The monoisotopic (exact) mass is 789 g/mol. The zero-order valence-electron chi connectivity index (χ0n) is 33.4. The fourth-order valence-corrected chi connectivity index (χ4v) is 9.77. The first-order valence-corrected chi connectivity index (χ1v) is 21.0. The summed E-state index contributed by atoms with van der Waals surface area (Å²) in [5.41, 5.74) is 9.76. The van der Waals surface area contributed by atoms with Gasteiger partial charge in [-0.1, -0.05) is 164 Å². The van der Waals surface area contributed by atoms with Gasteiger partial charge in [-0.3, -0.25) is 0 Å². The predicted octanol–water partition coefficient (Wildman–Crippen LogP) is 14.5. The minimum atomic E-state index is 0.633. The molecular weight excluding hydrogens is 755 g/mol. The summed E-state index contributed by atoms with van der Waals surface area (Å²) in [5, 5.41) is 11.9. The van der Waals surface area contributed by atoms with Crippen LogP contribution in [0.25, 0.3) is 121 Å². The van der Waals surface area contributed by atoms with E-state index in [-0.39, 0.29) is 0 Å². The molecule has 288 valence electrons. The molecular formula is C57H35N5. The van der Waals surface area contributed by atoms with E-state index < -0.39 is 0 Å². The number of para-hydroxylation sites is 2. The van der Waals surface area contributed by atoms with Gasteiger partial charge in [-0.2, -0.15) is 0 Å². The van der Waals surface area contributed by atoms with Gasteiger partial charge in [0.2, 0.25) is 0 Å². The lowest BCUT2D eigenvalue weighted by Gasteiger charge is -2.15. The van der Waals surface area contributed by atoms with Crippen molar-refractivity contribution in [1.82, 2.24) is 24.1 Å². The number of benzene rings is 10. The first kappa shape index (κ1) is 34.5. The maximum atomic E-state index is 5.23. The van der Waals surface area contributed by atoms with Crippen molar-refractivity contribution < 1.29 is 0 Å². The molecule has 0 saturated carbocycles. The quantitative estimate of drug-likeness (QED) is 0.174. The Labute approximate surface area is 356 Å². The molecule has 0 fully saturated rings. The molecule has 5 heteroatoms. The Morgan fingerprint density at radius 1 is 0.306 bits per heavy atom. The minimum Gasteiger partial charge on any atom is -0.309 e. The van der Waals surface area contributed by atoms with Crippen LogP contribution in [0.4, 0.5) is 0 Å². The molecule has 0 amide bonds. The van der Waals surface area contributed by atoms with Crippen LogP contribution in [0.2, 0.25) is 0 Å². The Hall–Kier alpha value is -8.41. The van der Waals surface area contributed by atoms with Crippen LogP contribution < -0.4 is 0 Å². The SMILES string of the molecule is c1ccc(-c2nc(-c3ccc4ccccc4c3)nc(-c3ccc(-n4c5ccccc5c5c4ccc4c6c7ccccc7ccc6n(-c6ccccc6)c45)c4ccccc34)n2)cc1. The highest BCUT2D eigenvalue weighted by Crippen LogP contribution is 2.45. The molecule has 0 spiro atoms. The van der Waals surface area contributed by atoms with E-state index in [2.05, 4.69) is 203 Å².